The average molecular weight is 339 g/mol. The third-order valence-electron chi connectivity index (χ3n) is 2.78. The molecule has 0 aliphatic rings. The number of sulfonamides is 1. The van der Waals surface area contributed by atoms with Crippen molar-refractivity contribution in [3.05, 3.63) is 29.6 Å². The number of carbonyl (C=O) groups is 1. The molecule has 0 bridgehead atoms. The number of rotatable bonds is 6. The molecule has 124 valence electrons. The van der Waals surface area contributed by atoms with E-state index in [1.54, 1.807) is 13.8 Å². The van der Waals surface area contributed by atoms with Gasteiger partial charge in [0.2, 0.25) is 10.0 Å². The molecule has 1 aromatic carbocycles. The van der Waals surface area contributed by atoms with Gasteiger partial charge < -0.3 is 4.74 Å². The third kappa shape index (κ3) is 4.20. The number of hydrogen-bond donors (Lipinski definition) is 1. The van der Waals surface area contributed by atoms with Gasteiger partial charge in [0.1, 0.15) is 10.9 Å². The molecule has 1 aromatic rings. The Labute approximate surface area is 126 Å². The molecule has 1 rings (SSSR count). The normalized spacial score (nSPS) is 13.2. The first-order valence-electron chi connectivity index (χ1n) is 6.33. The Morgan fingerprint density at radius 2 is 1.82 bits per heavy atom. The lowest BCUT2D eigenvalue weighted by atomic mass is 10.1. The second-order valence-corrected chi connectivity index (χ2v) is 6.68. The van der Waals surface area contributed by atoms with Crippen LogP contribution in [0.3, 0.4) is 0 Å². The van der Waals surface area contributed by atoms with Gasteiger partial charge in [-0.2, -0.15) is 4.72 Å². The Morgan fingerprint density at radius 3 is 2.32 bits per heavy atom. The predicted octanol–water partition coefficient (Wildman–Crippen LogP) is 1.97. The first kappa shape index (κ1) is 18.4. The molecule has 9 heteroatoms. The van der Waals surface area contributed by atoms with Crippen molar-refractivity contribution in [1.82, 2.24) is 4.72 Å². The third-order valence-corrected chi connectivity index (χ3v) is 4.27. The highest BCUT2D eigenvalue weighted by Crippen LogP contribution is 2.20. The van der Waals surface area contributed by atoms with Crippen molar-refractivity contribution in [1.29, 1.82) is 0 Å². The SMILES string of the molecule is COC(=O)C(CC(C)C)NS(=O)(=O)c1ccc(F)c(F)c1F. The van der Waals surface area contributed by atoms with Gasteiger partial charge in [0.05, 0.1) is 7.11 Å². The Hall–Kier alpha value is -1.61. The Balaban J connectivity index is 3.18. The largest absolute Gasteiger partial charge is 0.468 e. The molecule has 0 aliphatic heterocycles. The smallest absolute Gasteiger partial charge is 0.323 e. The highest BCUT2D eigenvalue weighted by atomic mass is 32.2. The fraction of sp³-hybridized carbons (Fsp3) is 0.462. The summed E-state index contributed by atoms with van der Waals surface area (Å²) in [6.45, 7) is 3.48. The molecule has 0 amide bonds. The van der Waals surface area contributed by atoms with Crippen LogP contribution in [0.4, 0.5) is 13.2 Å². The van der Waals surface area contributed by atoms with Crippen LogP contribution >= 0.6 is 0 Å². The molecule has 5 nitrogen and oxygen atoms in total. The summed E-state index contributed by atoms with van der Waals surface area (Å²) in [4.78, 5) is 10.5. The second-order valence-electron chi connectivity index (χ2n) is 5.00. The van der Waals surface area contributed by atoms with E-state index in [1.807, 2.05) is 4.72 Å². The molecule has 1 N–H and O–H groups in total. The van der Waals surface area contributed by atoms with Crippen molar-refractivity contribution in [2.75, 3.05) is 7.11 Å². The van der Waals surface area contributed by atoms with Gasteiger partial charge in [0.15, 0.2) is 17.5 Å². The predicted molar refractivity (Wildman–Crippen MR) is 71.9 cm³/mol. The van der Waals surface area contributed by atoms with Crippen molar-refractivity contribution < 1.29 is 31.1 Å². The van der Waals surface area contributed by atoms with Gasteiger partial charge in [-0.15, -0.1) is 0 Å². The number of esters is 1. The molecule has 0 radical (unpaired) electrons. The zero-order chi connectivity index (χ0) is 17.1. The number of nitrogens with one attached hydrogen (secondary N) is 1. The van der Waals surface area contributed by atoms with E-state index in [0.29, 0.717) is 12.1 Å². The van der Waals surface area contributed by atoms with Crippen molar-refractivity contribution >= 4 is 16.0 Å². The number of halogens is 3. The summed E-state index contributed by atoms with van der Waals surface area (Å²) in [5.74, 6) is -6.19. The Kier molecular flexibility index (Phi) is 5.95. The van der Waals surface area contributed by atoms with Crippen LogP contribution in [-0.2, 0) is 19.6 Å². The van der Waals surface area contributed by atoms with Crippen LogP contribution in [0, 0.1) is 23.4 Å². The molecule has 0 spiro atoms. The monoisotopic (exact) mass is 339 g/mol. The number of ether oxygens (including phenoxy) is 1. The Bertz CT molecular complexity index is 661. The minimum atomic E-state index is -4.56. The maximum Gasteiger partial charge on any atom is 0.323 e. The molecule has 0 aliphatic carbocycles. The van der Waals surface area contributed by atoms with Crippen molar-refractivity contribution in [3.8, 4) is 0 Å². The Morgan fingerprint density at radius 1 is 1.23 bits per heavy atom. The van der Waals surface area contributed by atoms with Crippen molar-refractivity contribution in [2.45, 2.75) is 31.2 Å². The van der Waals surface area contributed by atoms with Crippen LogP contribution < -0.4 is 4.72 Å². The van der Waals surface area contributed by atoms with Crippen LogP contribution in [0.2, 0.25) is 0 Å². The summed E-state index contributed by atoms with van der Waals surface area (Å²) in [5.41, 5.74) is 0. The van der Waals surface area contributed by atoms with E-state index in [2.05, 4.69) is 4.74 Å². The summed E-state index contributed by atoms with van der Waals surface area (Å²) in [6, 6.07) is -0.190. The fourth-order valence-corrected chi connectivity index (χ4v) is 3.04. The van der Waals surface area contributed by atoms with E-state index in [1.165, 1.54) is 0 Å². The number of carbonyl (C=O) groups excluding carboxylic acids is 1. The molecular formula is C13H16F3NO4S. The zero-order valence-electron chi connectivity index (χ0n) is 12.2. The number of hydrogen-bond acceptors (Lipinski definition) is 4. The molecule has 0 heterocycles. The molecule has 0 fully saturated rings. The molecular weight excluding hydrogens is 323 g/mol. The first-order valence-corrected chi connectivity index (χ1v) is 7.82. The van der Waals surface area contributed by atoms with E-state index >= 15 is 0 Å². The van der Waals surface area contributed by atoms with E-state index in [-0.39, 0.29) is 12.3 Å². The number of methoxy groups -OCH3 is 1. The lowest BCUT2D eigenvalue weighted by Gasteiger charge is -2.18. The van der Waals surface area contributed by atoms with E-state index < -0.39 is 44.4 Å². The van der Waals surface area contributed by atoms with Gasteiger partial charge in [-0.1, -0.05) is 13.8 Å². The van der Waals surface area contributed by atoms with Crippen molar-refractivity contribution in [3.63, 3.8) is 0 Å². The maximum atomic E-state index is 13.6. The minimum absolute atomic E-state index is 0.0680. The summed E-state index contributed by atoms with van der Waals surface area (Å²) in [6.07, 6.45) is 0.0944. The number of benzene rings is 1. The van der Waals surface area contributed by atoms with Gasteiger partial charge in [-0.3, -0.25) is 4.79 Å². The molecule has 0 saturated heterocycles. The first-order chi connectivity index (χ1) is 10.1. The molecule has 1 atom stereocenters. The summed E-state index contributed by atoms with van der Waals surface area (Å²) < 4.78 is 70.2. The molecule has 22 heavy (non-hydrogen) atoms. The van der Waals surface area contributed by atoms with Crippen LogP contribution in [0.25, 0.3) is 0 Å². The minimum Gasteiger partial charge on any atom is -0.468 e. The lowest BCUT2D eigenvalue weighted by molar-refractivity contribution is -0.143. The average Bonchev–Trinajstić information content (AvgIpc) is 2.42. The van der Waals surface area contributed by atoms with Gasteiger partial charge in [0, 0.05) is 0 Å². The van der Waals surface area contributed by atoms with Gasteiger partial charge in [-0.25, -0.2) is 21.6 Å². The zero-order valence-corrected chi connectivity index (χ0v) is 13.0. The van der Waals surface area contributed by atoms with Crippen LogP contribution in [-0.4, -0.2) is 27.5 Å². The van der Waals surface area contributed by atoms with Gasteiger partial charge in [-0.05, 0) is 24.5 Å². The topological polar surface area (TPSA) is 72.5 Å². The van der Waals surface area contributed by atoms with Crippen LogP contribution in [0.1, 0.15) is 20.3 Å². The summed E-state index contributed by atoms with van der Waals surface area (Å²) in [5, 5.41) is 0. The molecule has 0 saturated carbocycles. The lowest BCUT2D eigenvalue weighted by Crippen LogP contribution is -2.42. The van der Waals surface area contributed by atoms with E-state index in [0.717, 1.165) is 7.11 Å². The molecule has 1 unspecified atom stereocenters. The highest BCUT2D eigenvalue weighted by Gasteiger charge is 2.30. The van der Waals surface area contributed by atoms with Crippen LogP contribution in [0.5, 0.6) is 0 Å². The van der Waals surface area contributed by atoms with Crippen LogP contribution in [0.15, 0.2) is 17.0 Å². The standard InChI is InChI=1S/C13H16F3NO4S/c1-7(2)6-9(13(18)21-3)17-22(19,20)10-5-4-8(14)11(15)12(10)16/h4-5,7,9,17H,6H2,1-3H3. The molecule has 0 aromatic heterocycles. The van der Waals surface area contributed by atoms with E-state index in [9.17, 15) is 26.4 Å². The van der Waals surface area contributed by atoms with Gasteiger partial charge in [0.25, 0.3) is 0 Å². The fourth-order valence-electron chi connectivity index (χ4n) is 1.77. The summed E-state index contributed by atoms with van der Waals surface area (Å²) >= 11 is 0. The van der Waals surface area contributed by atoms with E-state index in [4.69, 9.17) is 0 Å². The van der Waals surface area contributed by atoms with Crippen molar-refractivity contribution in [2.24, 2.45) is 5.92 Å². The summed E-state index contributed by atoms with van der Waals surface area (Å²) in [7, 11) is -3.49. The van der Waals surface area contributed by atoms with Gasteiger partial charge >= 0.3 is 5.97 Å². The maximum absolute atomic E-state index is 13.6. The quantitative estimate of drug-likeness (QED) is 0.635. The second kappa shape index (κ2) is 7.10. The highest BCUT2D eigenvalue weighted by molar-refractivity contribution is 7.89.